The van der Waals surface area contributed by atoms with Gasteiger partial charge in [-0.2, -0.15) is 5.10 Å². The van der Waals surface area contributed by atoms with Gasteiger partial charge in [0.05, 0.1) is 5.39 Å². The van der Waals surface area contributed by atoms with Crippen molar-refractivity contribution in [3.63, 3.8) is 0 Å². The molecule has 5 rings (SSSR count). The Morgan fingerprint density at radius 3 is 2.44 bits per heavy atom. The Morgan fingerprint density at radius 2 is 1.74 bits per heavy atom. The van der Waals surface area contributed by atoms with Crippen LogP contribution in [0.2, 0.25) is 0 Å². The van der Waals surface area contributed by atoms with Crippen LogP contribution in [0.25, 0.3) is 22.3 Å². The molecule has 0 unspecified atom stereocenters. The first-order chi connectivity index (χ1) is 13.1. The van der Waals surface area contributed by atoms with Gasteiger partial charge in [0.15, 0.2) is 5.65 Å². The second-order valence-electron chi connectivity index (χ2n) is 7.21. The van der Waals surface area contributed by atoms with E-state index in [1.165, 1.54) is 11.1 Å². The second kappa shape index (κ2) is 5.81. The van der Waals surface area contributed by atoms with Crippen molar-refractivity contribution < 1.29 is 0 Å². The quantitative estimate of drug-likeness (QED) is 0.477. The normalized spacial score (nSPS) is 14.0. The van der Waals surface area contributed by atoms with Gasteiger partial charge < -0.3 is 11.5 Å². The van der Waals surface area contributed by atoms with E-state index in [9.17, 15) is 0 Å². The summed E-state index contributed by atoms with van der Waals surface area (Å²) in [6.07, 6.45) is 1.88. The summed E-state index contributed by atoms with van der Waals surface area (Å²) >= 11 is 0. The summed E-state index contributed by atoms with van der Waals surface area (Å²) < 4.78 is 0. The van der Waals surface area contributed by atoms with Crippen molar-refractivity contribution >= 4 is 22.5 Å². The molecule has 4 aromatic rings. The lowest BCUT2D eigenvalue weighted by Gasteiger charge is -2.09. The van der Waals surface area contributed by atoms with Crippen molar-refractivity contribution in [3.05, 3.63) is 65.0 Å². The van der Waals surface area contributed by atoms with E-state index in [2.05, 4.69) is 39.4 Å². The molecule has 0 atom stereocenters. The molecule has 0 radical (unpaired) electrons. The largest absolute Gasteiger partial charge is 0.398 e. The van der Waals surface area contributed by atoms with Gasteiger partial charge in [0, 0.05) is 17.2 Å². The van der Waals surface area contributed by atoms with Crippen LogP contribution in [0.15, 0.2) is 42.5 Å². The third-order valence-corrected chi connectivity index (χ3v) is 5.43. The number of nitrogens with one attached hydrogen (secondary N) is 1. The number of hydrogen-bond donors (Lipinski definition) is 3. The lowest BCUT2D eigenvalue weighted by molar-refractivity contribution is 0.687. The standard InChI is InChI=1S/C21H20N6/c1-11-6-7-14(10-16(11)22)18-17-19(23)24-20(25-21(17)27-26-18)15-8-12-4-2-3-5-13(12)9-15/h2-7,10,15H,8-9,22H2,1H3,(H3,23,24,25,26,27). The van der Waals surface area contributed by atoms with Gasteiger partial charge >= 0.3 is 0 Å². The Kier molecular flexibility index (Phi) is 3.40. The average Bonchev–Trinajstić information content (AvgIpc) is 3.28. The number of aromatic nitrogens is 4. The summed E-state index contributed by atoms with van der Waals surface area (Å²) in [6, 6.07) is 14.4. The van der Waals surface area contributed by atoms with Gasteiger partial charge in [-0.15, -0.1) is 0 Å². The maximum atomic E-state index is 6.34. The van der Waals surface area contributed by atoms with Gasteiger partial charge in [0.25, 0.3) is 0 Å². The molecule has 5 N–H and O–H groups in total. The highest BCUT2D eigenvalue weighted by atomic mass is 15.2. The van der Waals surface area contributed by atoms with Gasteiger partial charge in [-0.25, -0.2) is 9.97 Å². The SMILES string of the molecule is Cc1ccc(-c2n[nH]c3nc(C4Cc5ccccc5C4)nc(N)c23)cc1N. The van der Waals surface area contributed by atoms with E-state index in [4.69, 9.17) is 16.5 Å². The number of nitrogens with zero attached hydrogens (tertiary/aromatic N) is 3. The third kappa shape index (κ3) is 2.52. The highest BCUT2D eigenvalue weighted by Gasteiger charge is 2.26. The van der Waals surface area contributed by atoms with E-state index in [-0.39, 0.29) is 5.92 Å². The van der Waals surface area contributed by atoms with E-state index in [0.717, 1.165) is 46.6 Å². The average molecular weight is 356 g/mol. The number of aromatic amines is 1. The molecule has 0 spiro atoms. The minimum absolute atomic E-state index is 0.246. The second-order valence-corrected chi connectivity index (χ2v) is 7.21. The minimum atomic E-state index is 0.246. The summed E-state index contributed by atoms with van der Waals surface area (Å²) in [5, 5.41) is 8.21. The molecule has 134 valence electrons. The monoisotopic (exact) mass is 356 g/mol. The van der Waals surface area contributed by atoms with E-state index in [1.807, 2.05) is 25.1 Å². The Hall–Kier alpha value is -3.41. The van der Waals surface area contributed by atoms with Crippen molar-refractivity contribution in [2.24, 2.45) is 0 Å². The first-order valence-electron chi connectivity index (χ1n) is 9.05. The number of nitrogen functional groups attached to an aromatic ring is 2. The van der Waals surface area contributed by atoms with Crippen molar-refractivity contribution in [1.82, 2.24) is 20.2 Å². The summed E-state index contributed by atoms with van der Waals surface area (Å²) in [6.45, 7) is 1.98. The molecule has 2 heterocycles. The van der Waals surface area contributed by atoms with E-state index in [1.54, 1.807) is 0 Å². The topological polar surface area (TPSA) is 106 Å². The number of H-pyrrole nitrogens is 1. The van der Waals surface area contributed by atoms with Crippen molar-refractivity contribution in [1.29, 1.82) is 0 Å². The molecule has 6 heteroatoms. The third-order valence-electron chi connectivity index (χ3n) is 5.43. The van der Waals surface area contributed by atoms with Crippen LogP contribution < -0.4 is 11.5 Å². The Balaban J connectivity index is 1.57. The molecule has 2 aromatic carbocycles. The number of fused-ring (bicyclic) bond motifs is 2. The smallest absolute Gasteiger partial charge is 0.161 e. The van der Waals surface area contributed by atoms with E-state index in [0.29, 0.717) is 11.5 Å². The van der Waals surface area contributed by atoms with Gasteiger partial charge in [-0.1, -0.05) is 36.4 Å². The number of rotatable bonds is 2. The van der Waals surface area contributed by atoms with Crippen LogP contribution in [-0.2, 0) is 12.8 Å². The van der Waals surface area contributed by atoms with Crippen LogP contribution in [0.1, 0.15) is 28.4 Å². The molecule has 2 aromatic heterocycles. The Bertz CT molecular complexity index is 1150. The van der Waals surface area contributed by atoms with Gasteiger partial charge in [-0.3, -0.25) is 5.10 Å². The molecule has 0 saturated heterocycles. The van der Waals surface area contributed by atoms with Gasteiger partial charge in [0.1, 0.15) is 17.3 Å². The number of aryl methyl sites for hydroxylation is 1. The Labute approximate surface area is 156 Å². The van der Waals surface area contributed by atoms with E-state index >= 15 is 0 Å². The zero-order chi connectivity index (χ0) is 18.5. The fourth-order valence-electron chi connectivity index (χ4n) is 3.90. The molecule has 0 amide bonds. The van der Waals surface area contributed by atoms with Crippen LogP contribution in [-0.4, -0.2) is 20.2 Å². The first kappa shape index (κ1) is 15.8. The van der Waals surface area contributed by atoms with Crippen molar-refractivity contribution in [2.45, 2.75) is 25.7 Å². The van der Waals surface area contributed by atoms with Crippen LogP contribution in [0.4, 0.5) is 11.5 Å². The highest BCUT2D eigenvalue weighted by molar-refractivity contribution is 5.98. The molecular weight excluding hydrogens is 336 g/mol. The number of nitrogens with two attached hydrogens (primary N) is 2. The predicted octanol–water partition coefficient (Wildman–Crippen LogP) is 3.38. The molecule has 0 saturated carbocycles. The molecule has 6 nitrogen and oxygen atoms in total. The van der Waals surface area contributed by atoms with Crippen LogP contribution >= 0.6 is 0 Å². The zero-order valence-electron chi connectivity index (χ0n) is 15.0. The predicted molar refractivity (Wildman–Crippen MR) is 107 cm³/mol. The maximum absolute atomic E-state index is 6.34. The molecule has 27 heavy (non-hydrogen) atoms. The van der Waals surface area contributed by atoms with Gasteiger partial charge in [0.2, 0.25) is 0 Å². The van der Waals surface area contributed by atoms with Crippen LogP contribution in [0, 0.1) is 6.92 Å². The summed E-state index contributed by atoms with van der Waals surface area (Å²) in [7, 11) is 0. The maximum Gasteiger partial charge on any atom is 0.161 e. The summed E-state index contributed by atoms with van der Waals surface area (Å²) in [5.74, 6) is 1.47. The molecule has 1 aliphatic carbocycles. The zero-order valence-corrected chi connectivity index (χ0v) is 15.0. The van der Waals surface area contributed by atoms with Gasteiger partial charge in [-0.05, 0) is 42.5 Å². The first-order valence-corrected chi connectivity index (χ1v) is 9.05. The Morgan fingerprint density at radius 1 is 1.00 bits per heavy atom. The van der Waals surface area contributed by atoms with Crippen LogP contribution in [0.3, 0.4) is 0 Å². The molecule has 0 aliphatic heterocycles. The fraction of sp³-hybridized carbons (Fsp3) is 0.190. The lowest BCUT2D eigenvalue weighted by atomic mass is 10.0. The van der Waals surface area contributed by atoms with Crippen molar-refractivity contribution in [3.8, 4) is 11.3 Å². The lowest BCUT2D eigenvalue weighted by Crippen LogP contribution is -2.07. The van der Waals surface area contributed by atoms with Crippen molar-refractivity contribution in [2.75, 3.05) is 11.5 Å². The van der Waals surface area contributed by atoms with Crippen LogP contribution in [0.5, 0.6) is 0 Å². The minimum Gasteiger partial charge on any atom is -0.398 e. The summed E-state index contributed by atoms with van der Waals surface area (Å²) in [4.78, 5) is 9.39. The molecule has 1 aliphatic rings. The molecular formula is C21H20N6. The number of anilines is 2. The molecule has 0 bridgehead atoms. The van der Waals surface area contributed by atoms with E-state index < -0.39 is 0 Å². The molecule has 0 fully saturated rings. The fourth-order valence-corrected chi connectivity index (χ4v) is 3.90. The summed E-state index contributed by atoms with van der Waals surface area (Å²) in [5.41, 5.74) is 19.2. The number of benzene rings is 2. The highest BCUT2D eigenvalue weighted by Crippen LogP contribution is 2.35. The number of hydrogen-bond acceptors (Lipinski definition) is 5.